The van der Waals surface area contributed by atoms with Crippen LogP contribution in [0.3, 0.4) is 0 Å². The van der Waals surface area contributed by atoms with Gasteiger partial charge in [0, 0.05) is 28.8 Å². The molecule has 10 heteroatoms. The maximum atomic E-state index is 13.4. The highest BCUT2D eigenvalue weighted by molar-refractivity contribution is 7.90. The topological polar surface area (TPSA) is 93.3 Å². The zero-order valence-corrected chi connectivity index (χ0v) is 24.2. The van der Waals surface area contributed by atoms with Gasteiger partial charge in [0.15, 0.2) is 0 Å². The Labute approximate surface area is 244 Å². The number of hydrogen-bond donors (Lipinski definition) is 1. The third-order valence-corrected chi connectivity index (χ3v) is 7.10. The number of furan rings is 1. The van der Waals surface area contributed by atoms with Crippen molar-refractivity contribution in [3.63, 3.8) is 0 Å². The fourth-order valence-corrected chi connectivity index (χ4v) is 4.57. The number of ether oxygens (including phenoxy) is 1. The molecule has 0 saturated carbocycles. The molecule has 0 aliphatic heterocycles. The van der Waals surface area contributed by atoms with Crippen LogP contribution in [0.5, 0.6) is 5.75 Å². The van der Waals surface area contributed by atoms with Gasteiger partial charge in [0.05, 0.1) is 29.2 Å². The Morgan fingerprint density at radius 3 is 2.68 bits per heavy atom. The van der Waals surface area contributed by atoms with Gasteiger partial charge in [-0.2, -0.15) is 0 Å². The van der Waals surface area contributed by atoms with Gasteiger partial charge in [-0.3, -0.25) is 9.98 Å². The predicted octanol–water partition coefficient (Wildman–Crippen LogP) is 7.48. The van der Waals surface area contributed by atoms with E-state index in [1.807, 2.05) is 31.2 Å². The lowest BCUT2D eigenvalue weighted by atomic mass is 10.0. The van der Waals surface area contributed by atoms with Crippen LogP contribution in [0.2, 0.25) is 5.02 Å². The number of nitrogens with zero attached hydrogens (tertiary/aromatic N) is 2. The lowest BCUT2D eigenvalue weighted by Gasteiger charge is -2.12. The first-order valence-corrected chi connectivity index (χ1v) is 15.1. The van der Waals surface area contributed by atoms with Gasteiger partial charge in [-0.05, 0) is 79.4 Å². The normalized spacial score (nSPS) is 12.0. The molecule has 0 saturated heterocycles. The van der Waals surface area contributed by atoms with E-state index in [2.05, 4.69) is 16.9 Å². The van der Waals surface area contributed by atoms with E-state index < -0.39 is 9.84 Å². The molecular weight excluding hydrogens is 565 g/mol. The summed E-state index contributed by atoms with van der Waals surface area (Å²) in [6, 6.07) is 20.8. The molecule has 0 atom stereocenters. The lowest BCUT2D eigenvalue weighted by Crippen LogP contribution is -2.05. The van der Waals surface area contributed by atoms with Crippen molar-refractivity contribution in [2.75, 3.05) is 23.9 Å². The van der Waals surface area contributed by atoms with Crippen molar-refractivity contribution in [3.05, 3.63) is 113 Å². The summed E-state index contributed by atoms with van der Waals surface area (Å²) in [7, 11) is -3.07. The number of sulfone groups is 1. The van der Waals surface area contributed by atoms with Gasteiger partial charge in [0.1, 0.15) is 39.5 Å². The third kappa shape index (κ3) is 8.64. The van der Waals surface area contributed by atoms with Crippen molar-refractivity contribution < 1.29 is 22.0 Å². The van der Waals surface area contributed by atoms with Gasteiger partial charge in [0.25, 0.3) is 0 Å². The highest BCUT2D eigenvalue weighted by Crippen LogP contribution is 2.32. The Morgan fingerprint density at radius 2 is 1.95 bits per heavy atom. The smallest absolute Gasteiger partial charge is 0.149 e. The molecule has 1 heterocycles. The molecular formula is C31H29ClFN3O4S. The van der Waals surface area contributed by atoms with Gasteiger partial charge in [-0.15, -0.1) is 0 Å². The average Bonchev–Trinajstić information content (AvgIpc) is 3.39. The van der Waals surface area contributed by atoms with Crippen molar-refractivity contribution in [1.29, 1.82) is 0 Å². The summed E-state index contributed by atoms with van der Waals surface area (Å²) in [5, 5.41) is 3.52. The van der Waals surface area contributed by atoms with Gasteiger partial charge in [-0.25, -0.2) is 12.8 Å². The molecule has 0 spiro atoms. The van der Waals surface area contributed by atoms with Gasteiger partial charge in [-0.1, -0.05) is 30.3 Å². The molecule has 0 unspecified atom stereocenters. The van der Waals surface area contributed by atoms with Crippen molar-refractivity contribution in [2.24, 2.45) is 9.98 Å². The Kier molecular flexibility index (Phi) is 9.75. The van der Waals surface area contributed by atoms with E-state index in [4.69, 9.17) is 25.7 Å². The van der Waals surface area contributed by atoms with E-state index >= 15 is 0 Å². The highest BCUT2D eigenvalue weighted by atomic mass is 35.5. The van der Waals surface area contributed by atoms with Crippen LogP contribution in [0.15, 0.2) is 100.0 Å². The van der Waals surface area contributed by atoms with E-state index in [1.54, 1.807) is 42.6 Å². The highest BCUT2D eigenvalue weighted by Gasteiger charge is 2.12. The first-order valence-electron chi connectivity index (χ1n) is 12.6. The molecule has 0 bridgehead atoms. The number of benzene rings is 3. The van der Waals surface area contributed by atoms with Crippen molar-refractivity contribution in [3.8, 4) is 17.1 Å². The summed E-state index contributed by atoms with van der Waals surface area (Å²) >= 11 is 6.47. The molecule has 0 aliphatic carbocycles. The van der Waals surface area contributed by atoms with Crippen LogP contribution in [-0.2, 0) is 16.4 Å². The molecule has 4 aromatic rings. The Hall–Kier alpha value is -4.21. The molecule has 1 aromatic heterocycles. The summed E-state index contributed by atoms with van der Waals surface area (Å²) in [5.74, 6) is 1.26. The molecule has 3 aromatic carbocycles. The number of rotatable bonds is 12. The second-order valence-corrected chi connectivity index (χ2v) is 11.9. The van der Waals surface area contributed by atoms with E-state index in [9.17, 15) is 12.8 Å². The van der Waals surface area contributed by atoms with E-state index in [1.165, 1.54) is 24.6 Å². The van der Waals surface area contributed by atoms with Crippen LogP contribution in [0.4, 0.5) is 15.8 Å². The van der Waals surface area contributed by atoms with E-state index in [0.717, 1.165) is 22.5 Å². The SMILES string of the molecule is C=CNc1ccc(-c2ccc(C=NCCS(C)(=O)=O)o2)cc1C(C)=Nc1ccc(OCc2cccc(F)c2)c(Cl)c1. The number of hydrogen-bond acceptors (Lipinski definition) is 7. The minimum Gasteiger partial charge on any atom is -0.487 e. The van der Waals surface area contributed by atoms with E-state index in [0.29, 0.717) is 33.5 Å². The first-order chi connectivity index (χ1) is 19.6. The molecule has 1 N–H and O–H groups in total. The Balaban J connectivity index is 1.53. The van der Waals surface area contributed by atoms with Crippen LogP contribution in [0, 0.1) is 5.82 Å². The van der Waals surface area contributed by atoms with Gasteiger partial charge in [0.2, 0.25) is 0 Å². The maximum absolute atomic E-state index is 13.4. The minimum atomic E-state index is -3.07. The third-order valence-electron chi connectivity index (χ3n) is 5.88. The standard InChI is InChI=1S/C31H29ClFN3O4S/c1-4-35-29-11-8-23(30-13-10-26(40-30)19-34-14-15-41(3,37)38)17-27(29)21(2)36-25-9-12-31(28(32)18-25)39-20-22-6-5-7-24(33)16-22/h4-13,16-19,35H,1,14-15,20H2,2-3H3. The summed E-state index contributed by atoms with van der Waals surface area (Å²) in [5.41, 5.74) is 4.49. The number of halogens is 2. The minimum absolute atomic E-state index is 0.0212. The average molecular weight is 594 g/mol. The van der Waals surface area contributed by atoms with Crippen LogP contribution in [0.1, 0.15) is 23.8 Å². The molecule has 0 radical (unpaired) electrons. The zero-order chi connectivity index (χ0) is 29.4. The maximum Gasteiger partial charge on any atom is 0.149 e. The molecule has 0 fully saturated rings. The first kappa shape index (κ1) is 29.8. The van der Waals surface area contributed by atoms with Crippen LogP contribution < -0.4 is 10.1 Å². The summed E-state index contributed by atoms with van der Waals surface area (Å²) in [6.45, 7) is 6.00. The monoisotopic (exact) mass is 593 g/mol. The largest absolute Gasteiger partial charge is 0.487 e. The fourth-order valence-electron chi connectivity index (χ4n) is 3.90. The number of nitrogens with one attached hydrogen (secondary N) is 1. The molecule has 0 amide bonds. The summed E-state index contributed by atoms with van der Waals surface area (Å²) in [4.78, 5) is 8.90. The number of anilines is 1. The van der Waals surface area contributed by atoms with E-state index in [-0.39, 0.29) is 24.7 Å². The number of aliphatic imine (C=N–C) groups is 2. The molecule has 41 heavy (non-hydrogen) atoms. The summed E-state index contributed by atoms with van der Waals surface area (Å²) < 4.78 is 47.7. The quantitative estimate of drug-likeness (QED) is 0.172. The second-order valence-electron chi connectivity index (χ2n) is 9.21. The summed E-state index contributed by atoms with van der Waals surface area (Å²) in [6.07, 6.45) is 4.28. The van der Waals surface area contributed by atoms with Crippen LogP contribution >= 0.6 is 11.6 Å². The van der Waals surface area contributed by atoms with Crippen molar-refractivity contribution in [2.45, 2.75) is 13.5 Å². The predicted molar refractivity (Wildman–Crippen MR) is 164 cm³/mol. The molecule has 7 nitrogen and oxygen atoms in total. The fraction of sp³-hybridized carbons (Fsp3) is 0.161. The van der Waals surface area contributed by atoms with Crippen LogP contribution in [0.25, 0.3) is 11.3 Å². The Morgan fingerprint density at radius 1 is 1.12 bits per heavy atom. The molecule has 4 rings (SSSR count). The Bertz CT molecular complexity index is 1710. The van der Waals surface area contributed by atoms with Crippen LogP contribution in [-0.4, -0.2) is 38.9 Å². The molecule has 0 aliphatic rings. The van der Waals surface area contributed by atoms with Crippen molar-refractivity contribution >= 4 is 44.7 Å². The second kappa shape index (κ2) is 13.4. The van der Waals surface area contributed by atoms with Crippen molar-refractivity contribution in [1.82, 2.24) is 0 Å². The van der Waals surface area contributed by atoms with Gasteiger partial charge >= 0.3 is 0 Å². The van der Waals surface area contributed by atoms with Gasteiger partial charge < -0.3 is 14.5 Å². The molecule has 212 valence electrons. The lowest BCUT2D eigenvalue weighted by molar-refractivity contribution is 0.306. The zero-order valence-electron chi connectivity index (χ0n) is 22.6.